The van der Waals surface area contributed by atoms with Gasteiger partial charge < -0.3 is 9.47 Å². The minimum Gasteiger partial charge on any atom is -0.486 e. The molecule has 2 heteroatoms. The molecule has 0 fully saturated rings. The highest BCUT2D eigenvalue weighted by Crippen LogP contribution is 2.32. The third-order valence-electron chi connectivity index (χ3n) is 1.76. The molecule has 0 aromatic heterocycles. The van der Waals surface area contributed by atoms with E-state index in [9.17, 15) is 0 Å². The van der Waals surface area contributed by atoms with Crippen LogP contribution in [0.2, 0.25) is 0 Å². The van der Waals surface area contributed by atoms with Crippen molar-refractivity contribution in [1.29, 1.82) is 0 Å². The van der Waals surface area contributed by atoms with Gasteiger partial charge in [-0.05, 0) is 24.5 Å². The van der Waals surface area contributed by atoms with Crippen LogP contribution in [0.4, 0.5) is 0 Å². The highest BCUT2D eigenvalue weighted by molar-refractivity contribution is 5.46. The number of benzene rings is 1. The van der Waals surface area contributed by atoms with Crippen LogP contribution in [-0.2, 0) is 0 Å². The molecule has 1 aromatic carbocycles. The first-order valence-corrected chi connectivity index (χ1v) is 6.46. The first-order valence-electron chi connectivity index (χ1n) is 6.46. The quantitative estimate of drug-likeness (QED) is 0.664. The van der Waals surface area contributed by atoms with Gasteiger partial charge in [-0.2, -0.15) is 0 Å². The number of aryl methyl sites for hydroxylation is 1. The lowest BCUT2D eigenvalue weighted by Crippen LogP contribution is -2.15. The molecule has 1 aromatic rings. The molecule has 0 saturated carbocycles. The van der Waals surface area contributed by atoms with Gasteiger partial charge in [-0.15, -0.1) is 0 Å². The van der Waals surface area contributed by atoms with Gasteiger partial charge in [0, 0.05) is 0 Å². The lowest BCUT2D eigenvalue weighted by Gasteiger charge is -2.19. The van der Waals surface area contributed by atoms with E-state index in [1.54, 1.807) is 0 Å². The second kappa shape index (κ2) is 8.91. The Labute approximate surface area is 106 Å². The van der Waals surface area contributed by atoms with Crippen LogP contribution in [0.3, 0.4) is 0 Å². The molecular formula is C15H26O2. The molecule has 17 heavy (non-hydrogen) atoms. The molecule has 0 amide bonds. The minimum absolute atomic E-state index is 0.663. The largest absolute Gasteiger partial charge is 0.486 e. The fourth-order valence-corrected chi connectivity index (χ4v) is 1.22. The van der Waals surface area contributed by atoms with Gasteiger partial charge in [-0.1, -0.05) is 46.8 Å². The van der Waals surface area contributed by atoms with Crippen molar-refractivity contribution in [3.05, 3.63) is 23.8 Å². The summed E-state index contributed by atoms with van der Waals surface area (Å²) in [5.74, 6) is 2.61. The van der Waals surface area contributed by atoms with E-state index in [0.717, 1.165) is 23.0 Å². The molecule has 0 atom stereocenters. The molecule has 0 saturated heterocycles. The molecule has 98 valence electrons. The molecule has 1 aliphatic heterocycles. The number of para-hydroxylation sites is 1. The zero-order valence-corrected chi connectivity index (χ0v) is 12.0. The van der Waals surface area contributed by atoms with Crippen LogP contribution < -0.4 is 9.47 Å². The number of hydrogen-bond donors (Lipinski definition) is 0. The zero-order valence-electron chi connectivity index (χ0n) is 12.0. The summed E-state index contributed by atoms with van der Waals surface area (Å²) in [5.41, 5.74) is 1.14. The van der Waals surface area contributed by atoms with Crippen LogP contribution in [0.5, 0.6) is 11.5 Å². The molecule has 1 aliphatic rings. The molecule has 0 unspecified atom stereocenters. The van der Waals surface area contributed by atoms with Gasteiger partial charge in [0.05, 0.1) is 0 Å². The van der Waals surface area contributed by atoms with Gasteiger partial charge in [-0.25, -0.2) is 0 Å². The highest BCUT2D eigenvalue weighted by Gasteiger charge is 2.11. The summed E-state index contributed by atoms with van der Waals surface area (Å²) >= 11 is 0. The summed E-state index contributed by atoms with van der Waals surface area (Å²) in [6, 6.07) is 5.93. The van der Waals surface area contributed by atoms with E-state index in [1.165, 1.54) is 0 Å². The fourth-order valence-electron chi connectivity index (χ4n) is 1.22. The van der Waals surface area contributed by atoms with Crippen LogP contribution in [0.15, 0.2) is 18.2 Å². The minimum atomic E-state index is 0.663. The third-order valence-corrected chi connectivity index (χ3v) is 1.76. The van der Waals surface area contributed by atoms with E-state index in [4.69, 9.17) is 9.47 Å². The average Bonchev–Trinajstić information content (AvgIpc) is 2.32. The van der Waals surface area contributed by atoms with Gasteiger partial charge in [0.1, 0.15) is 13.2 Å². The maximum Gasteiger partial charge on any atom is 0.164 e. The van der Waals surface area contributed by atoms with Crippen molar-refractivity contribution in [2.24, 2.45) is 5.92 Å². The fraction of sp³-hybridized carbons (Fsp3) is 0.600. The molecule has 2 rings (SSSR count). The normalized spacial score (nSPS) is 11.9. The summed E-state index contributed by atoms with van der Waals surface area (Å²) in [6.07, 6.45) is 0. The molecule has 0 N–H and O–H groups in total. The van der Waals surface area contributed by atoms with E-state index in [2.05, 4.69) is 20.8 Å². The summed E-state index contributed by atoms with van der Waals surface area (Å²) in [5, 5.41) is 0. The van der Waals surface area contributed by atoms with Crippen LogP contribution in [0.25, 0.3) is 0 Å². The number of hydrogen-bond acceptors (Lipinski definition) is 2. The molecule has 2 nitrogen and oxygen atoms in total. The van der Waals surface area contributed by atoms with Crippen LogP contribution in [0, 0.1) is 12.8 Å². The lowest BCUT2D eigenvalue weighted by molar-refractivity contribution is 0.170. The smallest absolute Gasteiger partial charge is 0.164 e. The predicted molar refractivity (Wildman–Crippen MR) is 74.0 cm³/mol. The summed E-state index contributed by atoms with van der Waals surface area (Å²) in [6.45, 7) is 13.8. The second-order valence-electron chi connectivity index (χ2n) is 4.33. The van der Waals surface area contributed by atoms with Crippen molar-refractivity contribution in [3.63, 3.8) is 0 Å². The van der Waals surface area contributed by atoms with E-state index >= 15 is 0 Å². The Morgan fingerprint density at radius 2 is 1.53 bits per heavy atom. The van der Waals surface area contributed by atoms with Crippen molar-refractivity contribution < 1.29 is 9.47 Å². The number of ether oxygens (including phenoxy) is 2. The first-order chi connectivity index (χ1) is 8.11. The lowest BCUT2D eigenvalue weighted by atomic mass is 10.2. The molecule has 0 aliphatic carbocycles. The zero-order chi connectivity index (χ0) is 13.3. The van der Waals surface area contributed by atoms with Gasteiger partial charge in [0.25, 0.3) is 0 Å². The van der Waals surface area contributed by atoms with Gasteiger partial charge in [0.2, 0.25) is 0 Å². The standard InChI is InChI=1S/C9H10O2.C4H10.C2H6/c1-7-3-2-4-8-9(7)11-6-5-10-8;1-4(2)3;1-2/h2-4H,5-6H2,1H3;4H,1-3H3;1-2H3. The average molecular weight is 238 g/mol. The van der Waals surface area contributed by atoms with Crippen molar-refractivity contribution in [2.45, 2.75) is 41.5 Å². The van der Waals surface area contributed by atoms with Crippen LogP contribution in [-0.4, -0.2) is 13.2 Å². The Morgan fingerprint density at radius 3 is 2.06 bits per heavy atom. The second-order valence-corrected chi connectivity index (χ2v) is 4.33. The van der Waals surface area contributed by atoms with Crippen molar-refractivity contribution >= 4 is 0 Å². The molecular weight excluding hydrogens is 212 g/mol. The van der Waals surface area contributed by atoms with Crippen molar-refractivity contribution in [2.75, 3.05) is 13.2 Å². The molecule has 1 heterocycles. The Balaban J connectivity index is 0.000000368. The van der Waals surface area contributed by atoms with Gasteiger partial charge in [-0.3, -0.25) is 0 Å². The third kappa shape index (κ3) is 6.20. The van der Waals surface area contributed by atoms with E-state index in [-0.39, 0.29) is 0 Å². The summed E-state index contributed by atoms with van der Waals surface area (Å²) in [7, 11) is 0. The Bertz CT molecular complexity index is 303. The van der Waals surface area contributed by atoms with E-state index in [1.807, 2.05) is 39.0 Å². The predicted octanol–water partition coefficient (Wildman–Crippen LogP) is 4.45. The molecule has 0 radical (unpaired) electrons. The summed E-state index contributed by atoms with van der Waals surface area (Å²) < 4.78 is 10.8. The Hall–Kier alpha value is -1.18. The SMILES string of the molecule is CC.CC(C)C.Cc1cccc2c1OCCO2. The maximum atomic E-state index is 5.43. The first kappa shape index (κ1) is 15.8. The number of rotatable bonds is 0. The van der Waals surface area contributed by atoms with Gasteiger partial charge >= 0.3 is 0 Å². The Morgan fingerprint density at radius 1 is 1.00 bits per heavy atom. The number of fused-ring (bicyclic) bond motifs is 1. The monoisotopic (exact) mass is 238 g/mol. The Kier molecular flexibility index (Phi) is 8.29. The maximum absolute atomic E-state index is 5.43. The molecule has 0 bridgehead atoms. The van der Waals surface area contributed by atoms with Crippen molar-refractivity contribution in [1.82, 2.24) is 0 Å². The van der Waals surface area contributed by atoms with Crippen molar-refractivity contribution in [3.8, 4) is 11.5 Å². The van der Waals surface area contributed by atoms with E-state index in [0.29, 0.717) is 13.2 Å². The van der Waals surface area contributed by atoms with Crippen LogP contribution in [0.1, 0.15) is 40.2 Å². The highest BCUT2D eigenvalue weighted by atomic mass is 16.6. The topological polar surface area (TPSA) is 18.5 Å². The van der Waals surface area contributed by atoms with Gasteiger partial charge in [0.15, 0.2) is 11.5 Å². The molecule has 0 spiro atoms. The van der Waals surface area contributed by atoms with Crippen LogP contribution >= 0.6 is 0 Å². The summed E-state index contributed by atoms with van der Waals surface area (Å²) in [4.78, 5) is 0. The van der Waals surface area contributed by atoms with E-state index < -0.39 is 0 Å².